The maximum absolute atomic E-state index is 4.07. The Morgan fingerprint density at radius 2 is 1.39 bits per heavy atom. The van der Waals surface area contributed by atoms with Crippen molar-refractivity contribution in [1.82, 2.24) is 20.4 Å². The molecule has 0 atom stereocenters. The molecule has 18 heavy (non-hydrogen) atoms. The molecular formula is C10H10BIrN6. The van der Waals surface area contributed by atoms with Crippen molar-refractivity contribution < 1.29 is 20.1 Å². The third-order valence-corrected chi connectivity index (χ3v) is 2.57. The molecule has 0 amide bonds. The summed E-state index contributed by atoms with van der Waals surface area (Å²) in [6.07, 6.45) is 3.33. The average Bonchev–Trinajstić information content (AvgIpc) is 2.90. The van der Waals surface area contributed by atoms with E-state index in [4.69, 9.17) is 0 Å². The first-order chi connectivity index (χ1) is 8.43. The Bertz CT molecular complexity index is 439. The maximum atomic E-state index is 4.07. The Kier molecular flexibility index (Phi) is 4.22. The zero-order valence-corrected chi connectivity index (χ0v) is 11.9. The van der Waals surface area contributed by atoms with Crippen molar-refractivity contribution in [1.29, 1.82) is 0 Å². The zero-order chi connectivity index (χ0) is 11.5. The van der Waals surface area contributed by atoms with Crippen LogP contribution in [0.25, 0.3) is 0 Å². The van der Waals surface area contributed by atoms with E-state index >= 15 is 0 Å². The molecule has 3 heterocycles. The summed E-state index contributed by atoms with van der Waals surface area (Å²) in [6.45, 7) is 1.74. The molecule has 6 nitrogen and oxygen atoms in total. The summed E-state index contributed by atoms with van der Waals surface area (Å²) in [7, 11) is 1.98. The van der Waals surface area contributed by atoms with Gasteiger partial charge in [0.15, 0.2) is 0 Å². The van der Waals surface area contributed by atoms with Gasteiger partial charge < -0.3 is 9.62 Å². The van der Waals surface area contributed by atoms with E-state index in [-0.39, 0.29) is 20.1 Å². The smallest absolute Gasteiger partial charge is 0.380 e. The monoisotopic (exact) mass is 418 g/mol. The van der Waals surface area contributed by atoms with Gasteiger partial charge >= 0.3 is 7.55 Å². The number of hydrogen-bond donors (Lipinski definition) is 0. The van der Waals surface area contributed by atoms with E-state index in [0.29, 0.717) is 0 Å². The van der Waals surface area contributed by atoms with Crippen LogP contribution in [-0.2, 0) is 20.1 Å². The molecule has 3 rings (SSSR count). The summed E-state index contributed by atoms with van der Waals surface area (Å²) in [5.41, 5.74) is 0. The predicted molar refractivity (Wildman–Crippen MR) is 64.5 cm³/mol. The molecule has 1 aliphatic rings. The van der Waals surface area contributed by atoms with Crippen molar-refractivity contribution in [2.45, 2.75) is 0 Å². The van der Waals surface area contributed by atoms with Crippen molar-refractivity contribution in [3.63, 3.8) is 0 Å². The number of aromatic nitrogens is 4. The summed E-state index contributed by atoms with van der Waals surface area (Å²) in [4.78, 5) is 4.09. The first-order valence-corrected chi connectivity index (χ1v) is 5.37. The summed E-state index contributed by atoms with van der Waals surface area (Å²) >= 11 is 0. The Balaban J connectivity index is 0.00000120. The molecular weight excluding hydrogens is 407 g/mol. The van der Waals surface area contributed by atoms with Gasteiger partial charge in [0.2, 0.25) is 0 Å². The van der Waals surface area contributed by atoms with Crippen LogP contribution in [0, 0.1) is 0 Å². The Labute approximate surface area is 119 Å². The average molecular weight is 417 g/mol. The van der Waals surface area contributed by atoms with Crippen LogP contribution in [-0.4, -0.2) is 41.0 Å². The second-order valence-electron chi connectivity index (χ2n) is 3.67. The molecule has 8 heteroatoms. The molecule has 0 bridgehead atoms. The predicted octanol–water partition coefficient (Wildman–Crippen LogP) is 0.125. The molecule has 0 spiro atoms. The minimum absolute atomic E-state index is 0. The number of hydrogen-bond acceptors (Lipinski definition) is 6. The zero-order valence-electron chi connectivity index (χ0n) is 9.47. The largest absolute Gasteiger partial charge is 0.394 e. The van der Waals surface area contributed by atoms with Crippen molar-refractivity contribution >= 4 is 19.2 Å². The topological polar surface area (TPSA) is 58.0 Å². The van der Waals surface area contributed by atoms with Gasteiger partial charge in [-0.2, -0.15) is 10.2 Å². The van der Waals surface area contributed by atoms with Crippen molar-refractivity contribution in [2.75, 3.05) is 22.7 Å². The van der Waals surface area contributed by atoms with Gasteiger partial charge in [-0.1, -0.05) is 0 Å². The number of nitrogens with zero attached hydrogens (tertiary/aromatic N) is 6. The van der Waals surface area contributed by atoms with Gasteiger partial charge in [0.25, 0.3) is 0 Å². The SMILES string of the molecule is [B]1N(c2cccnn2)CCN1c1cccnn1.[Ir]. The van der Waals surface area contributed by atoms with Crippen LogP contribution in [0.4, 0.5) is 11.6 Å². The fraction of sp³-hybridized carbons (Fsp3) is 0.200. The molecule has 92 valence electrons. The minimum Gasteiger partial charge on any atom is -0.380 e. The van der Waals surface area contributed by atoms with E-state index in [0.717, 1.165) is 24.7 Å². The van der Waals surface area contributed by atoms with Crippen molar-refractivity contribution in [2.24, 2.45) is 0 Å². The molecule has 1 fully saturated rings. The molecule has 2 radical (unpaired) electrons. The number of rotatable bonds is 2. The van der Waals surface area contributed by atoms with Crippen LogP contribution < -0.4 is 9.62 Å². The molecule has 0 unspecified atom stereocenters. The van der Waals surface area contributed by atoms with Gasteiger partial charge in [-0.25, -0.2) is 0 Å². The summed E-state index contributed by atoms with van der Waals surface area (Å²) in [5.74, 6) is 1.69. The second kappa shape index (κ2) is 5.88. The van der Waals surface area contributed by atoms with Gasteiger partial charge in [0.1, 0.15) is 11.6 Å². The Morgan fingerprint density at radius 3 is 1.78 bits per heavy atom. The molecule has 0 aromatic carbocycles. The van der Waals surface area contributed by atoms with E-state index in [1.54, 1.807) is 12.4 Å². The van der Waals surface area contributed by atoms with Crippen LogP contribution >= 0.6 is 0 Å². The number of anilines is 2. The fourth-order valence-electron chi connectivity index (χ4n) is 1.74. The fourth-order valence-corrected chi connectivity index (χ4v) is 1.74. The van der Waals surface area contributed by atoms with Crippen LogP contribution in [0.3, 0.4) is 0 Å². The molecule has 1 aliphatic heterocycles. The van der Waals surface area contributed by atoms with Gasteiger partial charge in [0.05, 0.1) is 0 Å². The third-order valence-electron chi connectivity index (χ3n) is 2.57. The maximum Gasteiger partial charge on any atom is 0.394 e. The molecule has 0 saturated carbocycles. The minimum atomic E-state index is 0. The molecule has 2 aromatic rings. The van der Waals surface area contributed by atoms with E-state index in [1.807, 2.05) is 41.4 Å². The Hall–Kier alpha value is -1.53. The standard InChI is InChI=1S/C10H10BN6.Ir/c1-3-9(14-12-5-1)16-7-8-17(11-16)10-4-2-6-13-15-10;/h1-6H,7-8H2;. The second-order valence-corrected chi connectivity index (χ2v) is 3.67. The summed E-state index contributed by atoms with van der Waals surface area (Å²) in [6, 6.07) is 7.62. The van der Waals surface area contributed by atoms with Crippen LogP contribution in [0.15, 0.2) is 36.7 Å². The summed E-state index contributed by atoms with van der Waals surface area (Å²) < 4.78 is 0. The van der Waals surface area contributed by atoms with E-state index in [1.165, 1.54) is 0 Å². The van der Waals surface area contributed by atoms with Crippen LogP contribution in [0.5, 0.6) is 0 Å². The van der Waals surface area contributed by atoms with E-state index < -0.39 is 0 Å². The van der Waals surface area contributed by atoms with Crippen molar-refractivity contribution in [3.8, 4) is 0 Å². The molecule has 1 saturated heterocycles. The molecule has 2 aromatic heterocycles. The van der Waals surface area contributed by atoms with Crippen molar-refractivity contribution in [3.05, 3.63) is 36.7 Å². The first kappa shape index (κ1) is 12.9. The first-order valence-electron chi connectivity index (χ1n) is 5.37. The van der Waals surface area contributed by atoms with E-state index in [9.17, 15) is 0 Å². The van der Waals surface area contributed by atoms with Crippen LogP contribution in [0.2, 0.25) is 0 Å². The van der Waals surface area contributed by atoms with Gasteiger partial charge in [-0.05, 0) is 24.3 Å². The summed E-state index contributed by atoms with van der Waals surface area (Å²) in [5, 5.41) is 15.9. The molecule has 0 N–H and O–H groups in total. The van der Waals surface area contributed by atoms with Gasteiger partial charge in [-0.3, -0.25) is 0 Å². The van der Waals surface area contributed by atoms with Crippen LogP contribution in [0.1, 0.15) is 0 Å². The normalized spacial score (nSPS) is 14.0. The van der Waals surface area contributed by atoms with Gasteiger partial charge in [0, 0.05) is 45.6 Å². The van der Waals surface area contributed by atoms with Gasteiger partial charge in [-0.15, -0.1) is 10.2 Å². The van der Waals surface area contributed by atoms with E-state index in [2.05, 4.69) is 20.4 Å². The Morgan fingerprint density at radius 1 is 0.889 bits per heavy atom. The third kappa shape index (κ3) is 2.65. The molecule has 0 aliphatic carbocycles. The quantitative estimate of drug-likeness (QED) is 0.648.